The molecule has 1 atom stereocenters. The lowest BCUT2D eigenvalue weighted by molar-refractivity contribution is -0.122. The third-order valence-electron chi connectivity index (χ3n) is 5.27. The normalized spacial score (nSPS) is 21.7. The van der Waals surface area contributed by atoms with Gasteiger partial charge in [-0.3, -0.25) is 4.79 Å². The minimum atomic E-state index is -0.417. The molecule has 0 radical (unpaired) electrons. The van der Waals surface area contributed by atoms with Crippen molar-refractivity contribution in [2.45, 2.75) is 18.4 Å². The summed E-state index contributed by atoms with van der Waals surface area (Å²) in [5.41, 5.74) is 2.72. The highest BCUT2D eigenvalue weighted by Crippen LogP contribution is 2.46. The van der Waals surface area contributed by atoms with Crippen LogP contribution in [0.5, 0.6) is 11.5 Å². The second kappa shape index (κ2) is 6.08. The van der Waals surface area contributed by atoms with Crippen LogP contribution in [0.15, 0.2) is 42.5 Å². The number of hydrogen-bond acceptors (Lipinski definition) is 4. The van der Waals surface area contributed by atoms with Crippen molar-refractivity contribution >= 4 is 11.6 Å². The van der Waals surface area contributed by atoms with Gasteiger partial charge in [0.1, 0.15) is 11.5 Å². The Morgan fingerprint density at radius 1 is 1.12 bits per heavy atom. The highest BCUT2D eigenvalue weighted by molar-refractivity contribution is 6.08. The SMILES string of the molecule is COc1cc(CN2C(=O)C3(CCNC3)c3ccccc32)cc(OC)c1. The van der Waals surface area contributed by atoms with Gasteiger partial charge in [-0.15, -0.1) is 0 Å². The fourth-order valence-electron chi connectivity index (χ4n) is 4.00. The summed E-state index contributed by atoms with van der Waals surface area (Å²) in [6.45, 7) is 2.09. The Morgan fingerprint density at radius 3 is 2.48 bits per heavy atom. The number of rotatable bonds is 4. The van der Waals surface area contributed by atoms with E-state index in [4.69, 9.17) is 9.47 Å². The van der Waals surface area contributed by atoms with Crippen molar-refractivity contribution < 1.29 is 14.3 Å². The van der Waals surface area contributed by atoms with Crippen molar-refractivity contribution in [1.82, 2.24) is 5.32 Å². The molecular formula is C20H22N2O3. The van der Waals surface area contributed by atoms with E-state index in [-0.39, 0.29) is 5.91 Å². The maximum Gasteiger partial charge on any atom is 0.239 e. The first-order valence-corrected chi connectivity index (χ1v) is 8.52. The Bertz CT molecular complexity index is 790. The molecule has 25 heavy (non-hydrogen) atoms. The molecule has 2 heterocycles. The predicted octanol–water partition coefficient (Wildman–Crippen LogP) is 2.48. The Balaban J connectivity index is 1.73. The van der Waals surface area contributed by atoms with E-state index in [1.54, 1.807) is 14.2 Å². The van der Waals surface area contributed by atoms with Gasteiger partial charge in [0.05, 0.1) is 26.2 Å². The van der Waals surface area contributed by atoms with E-state index >= 15 is 0 Å². The van der Waals surface area contributed by atoms with Crippen LogP contribution < -0.4 is 19.7 Å². The molecule has 0 saturated carbocycles. The molecule has 0 aliphatic carbocycles. The first-order valence-electron chi connectivity index (χ1n) is 8.52. The standard InChI is InChI=1S/C20H22N2O3/c1-24-15-9-14(10-16(11-15)25-2)12-22-18-6-4-3-5-17(18)20(19(22)23)7-8-21-13-20/h3-6,9-11,21H,7-8,12-13H2,1-2H3. The number of benzene rings is 2. The van der Waals surface area contributed by atoms with Crippen molar-refractivity contribution in [2.24, 2.45) is 0 Å². The van der Waals surface area contributed by atoms with E-state index in [1.165, 1.54) is 0 Å². The monoisotopic (exact) mass is 338 g/mol. The average Bonchev–Trinajstić information content (AvgIpc) is 3.23. The lowest BCUT2D eigenvalue weighted by atomic mass is 9.81. The van der Waals surface area contributed by atoms with E-state index in [2.05, 4.69) is 11.4 Å². The fraction of sp³-hybridized carbons (Fsp3) is 0.350. The zero-order chi connectivity index (χ0) is 17.4. The van der Waals surface area contributed by atoms with Gasteiger partial charge < -0.3 is 19.7 Å². The van der Waals surface area contributed by atoms with E-state index in [0.717, 1.165) is 41.3 Å². The number of carbonyl (C=O) groups excluding carboxylic acids is 1. The summed E-state index contributed by atoms with van der Waals surface area (Å²) < 4.78 is 10.7. The van der Waals surface area contributed by atoms with Gasteiger partial charge in [0.15, 0.2) is 0 Å². The minimum absolute atomic E-state index is 0.181. The number of fused-ring (bicyclic) bond motifs is 2. The van der Waals surface area contributed by atoms with Crippen molar-refractivity contribution in [3.8, 4) is 11.5 Å². The molecule has 2 aromatic rings. The van der Waals surface area contributed by atoms with Crippen LogP contribution in [-0.4, -0.2) is 33.2 Å². The van der Waals surface area contributed by atoms with E-state index < -0.39 is 5.41 Å². The molecule has 2 aromatic carbocycles. The van der Waals surface area contributed by atoms with Crippen molar-refractivity contribution in [3.63, 3.8) is 0 Å². The number of hydrogen-bond donors (Lipinski definition) is 1. The van der Waals surface area contributed by atoms with Crippen LogP contribution in [0.3, 0.4) is 0 Å². The number of amides is 1. The maximum absolute atomic E-state index is 13.3. The van der Waals surface area contributed by atoms with Crippen LogP contribution in [0, 0.1) is 0 Å². The van der Waals surface area contributed by atoms with Gasteiger partial charge in [-0.1, -0.05) is 18.2 Å². The van der Waals surface area contributed by atoms with Gasteiger partial charge in [-0.05, 0) is 42.3 Å². The molecule has 4 rings (SSSR count). The Hall–Kier alpha value is -2.53. The van der Waals surface area contributed by atoms with Crippen LogP contribution in [0.25, 0.3) is 0 Å². The summed E-state index contributed by atoms with van der Waals surface area (Å²) in [5, 5.41) is 3.36. The molecule has 0 bridgehead atoms. The summed E-state index contributed by atoms with van der Waals surface area (Å²) in [5.74, 6) is 1.64. The zero-order valence-electron chi connectivity index (χ0n) is 14.5. The Kier molecular flexibility index (Phi) is 3.88. The maximum atomic E-state index is 13.3. The van der Waals surface area contributed by atoms with Gasteiger partial charge >= 0.3 is 0 Å². The smallest absolute Gasteiger partial charge is 0.239 e. The Morgan fingerprint density at radius 2 is 1.84 bits per heavy atom. The van der Waals surface area contributed by atoms with Crippen LogP contribution in [0.2, 0.25) is 0 Å². The van der Waals surface area contributed by atoms with Gasteiger partial charge in [0.25, 0.3) is 0 Å². The highest BCUT2D eigenvalue weighted by atomic mass is 16.5. The third-order valence-corrected chi connectivity index (χ3v) is 5.27. The van der Waals surface area contributed by atoms with Gasteiger partial charge in [-0.25, -0.2) is 0 Å². The average molecular weight is 338 g/mol. The van der Waals surface area contributed by atoms with E-state index in [0.29, 0.717) is 13.1 Å². The molecule has 130 valence electrons. The molecule has 1 N–H and O–H groups in total. The first-order chi connectivity index (χ1) is 12.2. The van der Waals surface area contributed by atoms with Crippen LogP contribution in [-0.2, 0) is 16.8 Å². The lowest BCUT2D eigenvalue weighted by Gasteiger charge is -2.23. The van der Waals surface area contributed by atoms with Crippen LogP contribution in [0.1, 0.15) is 17.5 Å². The fourth-order valence-corrected chi connectivity index (χ4v) is 4.00. The number of ether oxygens (including phenoxy) is 2. The summed E-state index contributed by atoms with van der Waals surface area (Å²) >= 11 is 0. The van der Waals surface area contributed by atoms with Gasteiger partial charge in [0.2, 0.25) is 5.91 Å². The quantitative estimate of drug-likeness (QED) is 0.930. The summed E-state index contributed by atoms with van der Waals surface area (Å²) in [4.78, 5) is 15.2. The number of anilines is 1. The van der Waals surface area contributed by atoms with Crippen LogP contribution in [0.4, 0.5) is 5.69 Å². The summed E-state index contributed by atoms with van der Waals surface area (Å²) in [7, 11) is 3.27. The molecule has 5 nitrogen and oxygen atoms in total. The molecule has 2 aliphatic heterocycles. The third kappa shape index (κ3) is 2.46. The second-order valence-corrected chi connectivity index (χ2v) is 6.64. The van der Waals surface area contributed by atoms with Gasteiger partial charge in [-0.2, -0.15) is 0 Å². The molecule has 1 unspecified atom stereocenters. The predicted molar refractivity (Wildman–Crippen MR) is 96.3 cm³/mol. The number of methoxy groups -OCH3 is 2. The van der Waals surface area contributed by atoms with Crippen molar-refractivity contribution in [1.29, 1.82) is 0 Å². The molecule has 2 aliphatic rings. The Labute approximate surface area is 147 Å². The molecule has 5 heteroatoms. The molecule has 0 aromatic heterocycles. The van der Waals surface area contributed by atoms with Crippen molar-refractivity contribution in [2.75, 3.05) is 32.2 Å². The number of carbonyl (C=O) groups is 1. The summed E-state index contributed by atoms with van der Waals surface area (Å²) in [6, 6.07) is 13.9. The summed E-state index contributed by atoms with van der Waals surface area (Å²) in [6.07, 6.45) is 0.848. The largest absolute Gasteiger partial charge is 0.497 e. The second-order valence-electron chi connectivity index (χ2n) is 6.64. The number of para-hydroxylation sites is 1. The van der Waals surface area contributed by atoms with Gasteiger partial charge in [0, 0.05) is 18.3 Å². The molecular weight excluding hydrogens is 316 g/mol. The van der Waals surface area contributed by atoms with E-state index in [1.807, 2.05) is 41.3 Å². The molecule has 1 amide bonds. The topological polar surface area (TPSA) is 50.8 Å². The van der Waals surface area contributed by atoms with E-state index in [9.17, 15) is 4.79 Å². The van der Waals surface area contributed by atoms with Crippen LogP contribution >= 0.6 is 0 Å². The number of nitrogens with zero attached hydrogens (tertiary/aromatic N) is 1. The molecule has 1 fully saturated rings. The number of nitrogens with one attached hydrogen (secondary N) is 1. The lowest BCUT2D eigenvalue weighted by Crippen LogP contribution is -2.41. The molecule has 1 saturated heterocycles. The zero-order valence-corrected chi connectivity index (χ0v) is 14.5. The van der Waals surface area contributed by atoms with Crippen molar-refractivity contribution in [3.05, 3.63) is 53.6 Å². The first kappa shape index (κ1) is 16.0. The highest BCUT2D eigenvalue weighted by Gasteiger charge is 2.52. The molecule has 1 spiro atoms. The minimum Gasteiger partial charge on any atom is -0.497 e.